The highest BCUT2D eigenvalue weighted by Gasteiger charge is 2.16. The summed E-state index contributed by atoms with van der Waals surface area (Å²) in [5.41, 5.74) is 0. The molecule has 0 bridgehead atoms. The van der Waals surface area contributed by atoms with Crippen molar-refractivity contribution in [2.24, 2.45) is 0 Å². The largest absolute Gasteiger partial charge is 0.480 e. The van der Waals surface area contributed by atoms with E-state index in [0.717, 1.165) is 25.0 Å². The van der Waals surface area contributed by atoms with Crippen LogP contribution in [-0.4, -0.2) is 35.0 Å². The second kappa shape index (κ2) is 9.51. The zero-order chi connectivity index (χ0) is 12.4. The SMILES string of the molecule is CCC(NC(=O)CCCCCSC)C(=O)O. The van der Waals surface area contributed by atoms with E-state index in [-0.39, 0.29) is 5.91 Å². The van der Waals surface area contributed by atoms with Gasteiger partial charge < -0.3 is 10.4 Å². The lowest BCUT2D eigenvalue weighted by Crippen LogP contribution is -2.40. The first-order valence-electron chi connectivity index (χ1n) is 5.63. The summed E-state index contributed by atoms with van der Waals surface area (Å²) in [6.07, 6.45) is 5.89. The van der Waals surface area contributed by atoms with Gasteiger partial charge in [-0.1, -0.05) is 13.3 Å². The number of carboxylic acids is 1. The Morgan fingerprint density at radius 1 is 1.31 bits per heavy atom. The molecule has 0 aromatic rings. The molecule has 4 nitrogen and oxygen atoms in total. The van der Waals surface area contributed by atoms with Gasteiger partial charge in [-0.3, -0.25) is 4.79 Å². The van der Waals surface area contributed by atoms with E-state index in [0.29, 0.717) is 12.8 Å². The monoisotopic (exact) mass is 247 g/mol. The zero-order valence-electron chi connectivity index (χ0n) is 9.99. The highest BCUT2D eigenvalue weighted by molar-refractivity contribution is 7.98. The predicted octanol–water partition coefficient (Wildman–Crippen LogP) is 1.89. The molecular weight excluding hydrogens is 226 g/mol. The van der Waals surface area contributed by atoms with Crippen LogP contribution in [0.3, 0.4) is 0 Å². The number of hydrogen-bond acceptors (Lipinski definition) is 3. The molecule has 0 aliphatic carbocycles. The molecule has 16 heavy (non-hydrogen) atoms. The van der Waals surface area contributed by atoms with Crippen molar-refractivity contribution in [3.63, 3.8) is 0 Å². The Morgan fingerprint density at radius 2 is 2.00 bits per heavy atom. The number of amides is 1. The fraction of sp³-hybridized carbons (Fsp3) is 0.818. The van der Waals surface area contributed by atoms with Crippen LogP contribution >= 0.6 is 11.8 Å². The summed E-state index contributed by atoms with van der Waals surface area (Å²) >= 11 is 1.80. The Kier molecular flexibility index (Phi) is 9.09. The van der Waals surface area contributed by atoms with E-state index in [1.165, 1.54) is 0 Å². The van der Waals surface area contributed by atoms with E-state index in [1.807, 2.05) is 0 Å². The zero-order valence-corrected chi connectivity index (χ0v) is 10.8. The van der Waals surface area contributed by atoms with Crippen molar-refractivity contribution in [1.29, 1.82) is 0 Å². The number of hydrogen-bond donors (Lipinski definition) is 2. The third-order valence-corrected chi connectivity index (χ3v) is 2.99. The smallest absolute Gasteiger partial charge is 0.326 e. The van der Waals surface area contributed by atoms with Crippen LogP contribution in [0, 0.1) is 0 Å². The van der Waals surface area contributed by atoms with E-state index in [4.69, 9.17) is 5.11 Å². The molecule has 2 N–H and O–H groups in total. The topological polar surface area (TPSA) is 66.4 Å². The summed E-state index contributed by atoms with van der Waals surface area (Å²) in [5, 5.41) is 11.3. The third kappa shape index (κ3) is 7.56. The fourth-order valence-corrected chi connectivity index (χ4v) is 1.81. The number of nitrogens with one attached hydrogen (secondary N) is 1. The summed E-state index contributed by atoms with van der Waals surface area (Å²) in [5.74, 6) is 0.00515. The van der Waals surface area contributed by atoms with Gasteiger partial charge in [-0.05, 0) is 31.3 Å². The van der Waals surface area contributed by atoms with Crippen LogP contribution in [0.2, 0.25) is 0 Å². The molecule has 0 fully saturated rings. The lowest BCUT2D eigenvalue weighted by molar-refractivity contribution is -0.141. The van der Waals surface area contributed by atoms with Gasteiger partial charge in [0.1, 0.15) is 6.04 Å². The summed E-state index contributed by atoms with van der Waals surface area (Å²) in [6, 6.07) is -0.737. The second-order valence-corrected chi connectivity index (χ2v) is 4.66. The standard InChI is InChI=1S/C11H21NO3S/c1-3-9(11(14)15)12-10(13)7-5-4-6-8-16-2/h9H,3-8H2,1-2H3,(H,12,13)(H,14,15). The van der Waals surface area contributed by atoms with Crippen LogP contribution in [0.15, 0.2) is 0 Å². The number of thioether (sulfide) groups is 1. The highest BCUT2D eigenvalue weighted by atomic mass is 32.2. The number of carbonyl (C=O) groups is 2. The molecule has 0 saturated carbocycles. The summed E-state index contributed by atoms with van der Waals surface area (Å²) in [6.45, 7) is 1.75. The number of unbranched alkanes of at least 4 members (excludes halogenated alkanes) is 2. The molecule has 0 spiro atoms. The third-order valence-electron chi connectivity index (χ3n) is 2.29. The molecule has 1 atom stereocenters. The molecule has 0 saturated heterocycles. The van der Waals surface area contributed by atoms with Gasteiger partial charge in [-0.15, -0.1) is 0 Å². The normalized spacial score (nSPS) is 12.1. The fourth-order valence-electron chi connectivity index (χ4n) is 1.31. The Balaban J connectivity index is 3.61. The van der Waals surface area contributed by atoms with Gasteiger partial charge in [-0.25, -0.2) is 4.79 Å². The summed E-state index contributed by atoms with van der Waals surface area (Å²) < 4.78 is 0. The molecule has 1 amide bonds. The number of rotatable bonds is 9. The van der Waals surface area contributed by atoms with Crippen molar-refractivity contribution >= 4 is 23.6 Å². The van der Waals surface area contributed by atoms with Crippen molar-refractivity contribution in [1.82, 2.24) is 5.32 Å². The Labute approximate surface area is 101 Å². The van der Waals surface area contributed by atoms with Crippen molar-refractivity contribution in [3.05, 3.63) is 0 Å². The average Bonchev–Trinajstić information content (AvgIpc) is 2.25. The van der Waals surface area contributed by atoms with Gasteiger partial charge in [0, 0.05) is 6.42 Å². The van der Waals surface area contributed by atoms with Crippen LogP contribution < -0.4 is 5.32 Å². The van der Waals surface area contributed by atoms with Crippen molar-refractivity contribution in [2.45, 2.75) is 45.1 Å². The Bertz CT molecular complexity index is 221. The molecule has 0 radical (unpaired) electrons. The number of carboxylic acid groups (broad SMARTS) is 1. The molecule has 0 aliphatic rings. The van der Waals surface area contributed by atoms with Crippen LogP contribution in [0.25, 0.3) is 0 Å². The Hall–Kier alpha value is -0.710. The lowest BCUT2D eigenvalue weighted by atomic mass is 10.1. The average molecular weight is 247 g/mol. The first-order chi connectivity index (χ1) is 7.61. The Morgan fingerprint density at radius 3 is 2.50 bits per heavy atom. The maximum Gasteiger partial charge on any atom is 0.326 e. The minimum atomic E-state index is -0.960. The molecule has 5 heteroatoms. The first-order valence-corrected chi connectivity index (χ1v) is 7.02. The van der Waals surface area contributed by atoms with E-state index in [1.54, 1.807) is 18.7 Å². The lowest BCUT2D eigenvalue weighted by Gasteiger charge is -2.11. The van der Waals surface area contributed by atoms with Gasteiger partial charge in [0.05, 0.1) is 0 Å². The van der Waals surface area contributed by atoms with Crippen molar-refractivity contribution < 1.29 is 14.7 Å². The van der Waals surface area contributed by atoms with Gasteiger partial charge in [0.25, 0.3) is 0 Å². The molecule has 0 aromatic carbocycles. The van der Waals surface area contributed by atoms with Crippen molar-refractivity contribution in [3.8, 4) is 0 Å². The summed E-state index contributed by atoms with van der Waals surface area (Å²) in [4.78, 5) is 22.0. The molecule has 0 rings (SSSR count). The second-order valence-electron chi connectivity index (χ2n) is 3.67. The van der Waals surface area contributed by atoms with E-state index in [9.17, 15) is 9.59 Å². The van der Waals surface area contributed by atoms with Gasteiger partial charge in [-0.2, -0.15) is 11.8 Å². The molecule has 0 aromatic heterocycles. The maximum atomic E-state index is 11.4. The van der Waals surface area contributed by atoms with Crippen molar-refractivity contribution in [2.75, 3.05) is 12.0 Å². The van der Waals surface area contributed by atoms with E-state index >= 15 is 0 Å². The molecular formula is C11H21NO3S. The van der Waals surface area contributed by atoms with Crippen LogP contribution in [-0.2, 0) is 9.59 Å². The molecule has 1 unspecified atom stereocenters. The maximum absolute atomic E-state index is 11.4. The number of aliphatic carboxylic acids is 1. The molecule has 0 aliphatic heterocycles. The van der Waals surface area contributed by atoms with Gasteiger partial charge in [0.2, 0.25) is 5.91 Å². The van der Waals surface area contributed by atoms with Crippen LogP contribution in [0.4, 0.5) is 0 Å². The van der Waals surface area contributed by atoms with Gasteiger partial charge >= 0.3 is 5.97 Å². The summed E-state index contributed by atoms with van der Waals surface area (Å²) in [7, 11) is 0. The van der Waals surface area contributed by atoms with E-state index < -0.39 is 12.0 Å². The molecule has 94 valence electrons. The quantitative estimate of drug-likeness (QED) is 0.611. The van der Waals surface area contributed by atoms with Gasteiger partial charge in [0.15, 0.2) is 0 Å². The number of carbonyl (C=O) groups excluding carboxylic acids is 1. The highest BCUT2D eigenvalue weighted by Crippen LogP contribution is 2.04. The van der Waals surface area contributed by atoms with Crippen LogP contribution in [0.5, 0.6) is 0 Å². The first kappa shape index (κ1) is 15.3. The van der Waals surface area contributed by atoms with E-state index in [2.05, 4.69) is 11.6 Å². The van der Waals surface area contributed by atoms with Crippen LogP contribution in [0.1, 0.15) is 39.0 Å². The predicted molar refractivity (Wildman–Crippen MR) is 66.7 cm³/mol. The minimum absolute atomic E-state index is 0.154. The minimum Gasteiger partial charge on any atom is -0.480 e. The molecule has 0 heterocycles.